The van der Waals surface area contributed by atoms with E-state index >= 15 is 0 Å². The molecule has 1 aromatic carbocycles. The molecule has 1 N–H and O–H groups in total. The second-order valence-corrected chi connectivity index (χ2v) is 6.40. The van der Waals surface area contributed by atoms with E-state index in [2.05, 4.69) is 68.8 Å². The Morgan fingerprint density at radius 2 is 2.21 bits per heavy atom. The van der Waals surface area contributed by atoms with Crippen molar-refractivity contribution >= 4 is 27.7 Å². The van der Waals surface area contributed by atoms with Crippen LogP contribution in [0.25, 0.3) is 0 Å². The van der Waals surface area contributed by atoms with Crippen molar-refractivity contribution in [2.75, 3.05) is 0 Å². The van der Waals surface area contributed by atoms with E-state index in [9.17, 15) is 0 Å². The van der Waals surface area contributed by atoms with Crippen LogP contribution in [-0.4, -0.2) is 26.2 Å². The zero-order valence-corrected chi connectivity index (χ0v) is 13.5. The van der Waals surface area contributed by atoms with Gasteiger partial charge >= 0.3 is 0 Å². The van der Waals surface area contributed by atoms with Gasteiger partial charge in [0.1, 0.15) is 0 Å². The first kappa shape index (κ1) is 14.5. The fourth-order valence-electron chi connectivity index (χ4n) is 1.49. The molecular formula is C12H16BrN5S. The Balaban J connectivity index is 2.22. The van der Waals surface area contributed by atoms with Crippen LogP contribution in [0, 0.1) is 0 Å². The van der Waals surface area contributed by atoms with Gasteiger partial charge in [0.2, 0.25) is 5.16 Å². The Morgan fingerprint density at radius 1 is 1.42 bits per heavy atom. The van der Waals surface area contributed by atoms with Gasteiger partial charge in [0.15, 0.2) is 0 Å². The molecule has 0 amide bonds. The van der Waals surface area contributed by atoms with Gasteiger partial charge in [-0.1, -0.05) is 35.8 Å². The maximum absolute atomic E-state index is 4.01. The summed E-state index contributed by atoms with van der Waals surface area (Å²) in [6, 6.07) is 6.72. The summed E-state index contributed by atoms with van der Waals surface area (Å²) in [5, 5.41) is 15.7. The zero-order chi connectivity index (χ0) is 13.8. The SMILES string of the molecule is CC(C)NCc1ccc(Br)cc1Sc1nnnn1C. The Kier molecular flexibility index (Phi) is 4.95. The molecule has 102 valence electrons. The van der Waals surface area contributed by atoms with Gasteiger partial charge in [0.05, 0.1) is 0 Å². The molecule has 0 fully saturated rings. The summed E-state index contributed by atoms with van der Waals surface area (Å²) in [7, 11) is 1.84. The molecule has 1 heterocycles. The van der Waals surface area contributed by atoms with Gasteiger partial charge in [-0.25, -0.2) is 4.68 Å². The standard InChI is InChI=1S/C12H16BrN5S/c1-8(2)14-7-9-4-5-10(13)6-11(9)19-12-15-16-17-18(12)3/h4-6,8,14H,7H2,1-3H3. The lowest BCUT2D eigenvalue weighted by atomic mass is 10.2. The van der Waals surface area contributed by atoms with E-state index in [0.717, 1.165) is 21.1 Å². The molecule has 0 saturated heterocycles. The van der Waals surface area contributed by atoms with E-state index < -0.39 is 0 Å². The summed E-state index contributed by atoms with van der Waals surface area (Å²) in [6.45, 7) is 5.11. The average molecular weight is 342 g/mol. The predicted molar refractivity (Wildman–Crippen MR) is 79.0 cm³/mol. The van der Waals surface area contributed by atoms with Gasteiger partial charge in [-0.15, -0.1) is 5.10 Å². The van der Waals surface area contributed by atoms with Gasteiger partial charge in [0.25, 0.3) is 0 Å². The summed E-state index contributed by atoms with van der Waals surface area (Å²) in [4.78, 5) is 1.15. The second-order valence-electron chi connectivity index (χ2n) is 4.47. The first-order valence-corrected chi connectivity index (χ1v) is 7.59. The first-order valence-electron chi connectivity index (χ1n) is 5.98. The number of nitrogens with one attached hydrogen (secondary N) is 1. The third-order valence-corrected chi connectivity index (χ3v) is 4.13. The number of rotatable bonds is 5. The Morgan fingerprint density at radius 3 is 2.84 bits per heavy atom. The topological polar surface area (TPSA) is 55.6 Å². The van der Waals surface area contributed by atoms with Crippen LogP contribution in [-0.2, 0) is 13.6 Å². The summed E-state index contributed by atoms with van der Waals surface area (Å²) in [6.07, 6.45) is 0. The number of aromatic nitrogens is 4. The smallest absolute Gasteiger partial charge is 0.213 e. The molecule has 2 rings (SSSR count). The van der Waals surface area contributed by atoms with Gasteiger partial charge < -0.3 is 5.32 Å². The highest BCUT2D eigenvalue weighted by Gasteiger charge is 2.10. The van der Waals surface area contributed by atoms with Crippen LogP contribution in [0.2, 0.25) is 0 Å². The van der Waals surface area contributed by atoms with Crippen molar-refractivity contribution < 1.29 is 0 Å². The van der Waals surface area contributed by atoms with Gasteiger partial charge in [-0.2, -0.15) is 0 Å². The van der Waals surface area contributed by atoms with Crippen molar-refractivity contribution in [3.8, 4) is 0 Å². The number of halogens is 1. The van der Waals surface area contributed by atoms with Crippen LogP contribution in [0.3, 0.4) is 0 Å². The van der Waals surface area contributed by atoms with Crippen molar-refractivity contribution in [2.24, 2.45) is 7.05 Å². The van der Waals surface area contributed by atoms with Crippen LogP contribution in [0.5, 0.6) is 0 Å². The maximum atomic E-state index is 4.01. The summed E-state index contributed by atoms with van der Waals surface area (Å²) < 4.78 is 2.73. The van der Waals surface area contributed by atoms with Crippen LogP contribution in [0.4, 0.5) is 0 Å². The molecule has 7 heteroatoms. The van der Waals surface area contributed by atoms with Crippen LogP contribution in [0.1, 0.15) is 19.4 Å². The fraction of sp³-hybridized carbons (Fsp3) is 0.417. The molecule has 0 bridgehead atoms. The predicted octanol–water partition coefficient (Wildman–Crippen LogP) is 2.62. The number of hydrogen-bond donors (Lipinski definition) is 1. The van der Waals surface area contributed by atoms with Gasteiger partial charge in [-0.3, -0.25) is 0 Å². The van der Waals surface area contributed by atoms with E-state index in [-0.39, 0.29) is 0 Å². The Hall–Kier alpha value is -0.920. The molecule has 19 heavy (non-hydrogen) atoms. The lowest BCUT2D eigenvalue weighted by molar-refractivity contribution is 0.584. The van der Waals surface area contributed by atoms with Gasteiger partial charge in [-0.05, 0) is 39.9 Å². The van der Waals surface area contributed by atoms with E-state index in [1.807, 2.05) is 7.05 Å². The highest BCUT2D eigenvalue weighted by Crippen LogP contribution is 2.30. The Labute approximate surface area is 125 Å². The molecule has 0 aliphatic carbocycles. The first-order chi connectivity index (χ1) is 9.06. The molecule has 0 saturated carbocycles. The quantitative estimate of drug-likeness (QED) is 0.905. The molecule has 0 unspecified atom stereocenters. The third kappa shape index (κ3) is 4.02. The number of nitrogens with zero attached hydrogens (tertiary/aromatic N) is 4. The van der Waals surface area contributed by atoms with Crippen LogP contribution >= 0.6 is 27.7 Å². The number of tetrazole rings is 1. The molecule has 0 aliphatic rings. The third-order valence-electron chi connectivity index (χ3n) is 2.51. The summed E-state index contributed by atoms with van der Waals surface area (Å²) in [5.74, 6) is 0. The van der Waals surface area contributed by atoms with Crippen molar-refractivity contribution in [2.45, 2.75) is 36.5 Å². The van der Waals surface area contributed by atoms with E-state index in [0.29, 0.717) is 6.04 Å². The van der Waals surface area contributed by atoms with Crippen molar-refractivity contribution in [3.63, 3.8) is 0 Å². The molecule has 1 aromatic heterocycles. The highest BCUT2D eigenvalue weighted by molar-refractivity contribution is 9.10. The lowest BCUT2D eigenvalue weighted by Gasteiger charge is -2.12. The largest absolute Gasteiger partial charge is 0.310 e. The highest BCUT2D eigenvalue weighted by atomic mass is 79.9. The number of aryl methyl sites for hydroxylation is 1. The molecule has 0 aliphatic heterocycles. The van der Waals surface area contributed by atoms with E-state index in [1.54, 1.807) is 16.4 Å². The minimum Gasteiger partial charge on any atom is -0.310 e. The molecule has 5 nitrogen and oxygen atoms in total. The van der Waals surface area contributed by atoms with Crippen LogP contribution < -0.4 is 5.32 Å². The lowest BCUT2D eigenvalue weighted by Crippen LogP contribution is -2.22. The van der Waals surface area contributed by atoms with Gasteiger partial charge in [0, 0.05) is 29.0 Å². The summed E-state index contributed by atoms with van der Waals surface area (Å²) >= 11 is 5.08. The van der Waals surface area contributed by atoms with E-state index in [4.69, 9.17) is 0 Å². The minimum absolute atomic E-state index is 0.456. The maximum Gasteiger partial charge on any atom is 0.213 e. The molecular weight excluding hydrogens is 326 g/mol. The Bertz CT molecular complexity index is 555. The number of benzene rings is 1. The van der Waals surface area contributed by atoms with E-state index in [1.165, 1.54) is 5.56 Å². The summed E-state index contributed by atoms with van der Waals surface area (Å²) in [5.41, 5.74) is 1.24. The molecule has 0 radical (unpaired) electrons. The minimum atomic E-state index is 0.456. The zero-order valence-electron chi connectivity index (χ0n) is 11.1. The van der Waals surface area contributed by atoms with Crippen LogP contribution in [0.15, 0.2) is 32.7 Å². The number of hydrogen-bond acceptors (Lipinski definition) is 5. The monoisotopic (exact) mass is 341 g/mol. The van der Waals surface area contributed by atoms with Crippen molar-refractivity contribution in [3.05, 3.63) is 28.2 Å². The normalized spacial score (nSPS) is 11.2. The molecule has 2 aromatic rings. The van der Waals surface area contributed by atoms with Crippen molar-refractivity contribution in [1.82, 2.24) is 25.5 Å². The second kappa shape index (κ2) is 6.49. The fourth-order valence-corrected chi connectivity index (χ4v) is 2.90. The molecule has 0 spiro atoms. The molecule has 0 atom stereocenters. The average Bonchev–Trinajstić information content (AvgIpc) is 2.74. The van der Waals surface area contributed by atoms with Crippen molar-refractivity contribution in [1.29, 1.82) is 0 Å².